The summed E-state index contributed by atoms with van der Waals surface area (Å²) in [6.45, 7) is 7.80. The van der Waals surface area contributed by atoms with E-state index in [1.54, 1.807) is 0 Å². The number of nitrogens with one attached hydrogen (secondary N) is 1. The minimum atomic E-state index is -0.147. The summed E-state index contributed by atoms with van der Waals surface area (Å²) in [7, 11) is 0. The second-order valence-electron chi connectivity index (χ2n) is 5.37. The van der Waals surface area contributed by atoms with Gasteiger partial charge >= 0.3 is 0 Å². The van der Waals surface area contributed by atoms with Crippen molar-refractivity contribution in [2.24, 2.45) is 0 Å². The molecule has 0 amide bonds. The van der Waals surface area contributed by atoms with Crippen molar-refractivity contribution in [2.45, 2.75) is 39.0 Å². The van der Waals surface area contributed by atoms with Crippen molar-refractivity contribution in [1.29, 1.82) is 0 Å². The maximum absolute atomic E-state index is 11.5. The Bertz CT molecular complexity index is 450. The maximum Gasteiger partial charge on any atom is 0.254 e. The smallest absolute Gasteiger partial charge is 0.254 e. The van der Waals surface area contributed by atoms with Crippen LogP contribution in [0, 0.1) is 0 Å². The topological polar surface area (TPSA) is 58.2 Å². The molecule has 1 saturated heterocycles. The zero-order chi connectivity index (χ0) is 13.7. The van der Waals surface area contributed by atoms with Crippen LogP contribution in [0.4, 0.5) is 0 Å². The molecule has 0 aliphatic carbocycles. The third-order valence-corrected chi connectivity index (χ3v) is 3.39. The van der Waals surface area contributed by atoms with E-state index in [1.165, 1.54) is 25.3 Å². The largest absolute Gasteiger partial charge is 0.476 e. The van der Waals surface area contributed by atoms with Crippen LogP contribution in [0.1, 0.15) is 44.9 Å². The number of hydrogen-bond donors (Lipinski definition) is 1. The van der Waals surface area contributed by atoms with Crippen molar-refractivity contribution in [3.8, 4) is 5.88 Å². The van der Waals surface area contributed by atoms with Crippen molar-refractivity contribution in [1.82, 2.24) is 14.9 Å². The van der Waals surface area contributed by atoms with E-state index in [1.807, 2.05) is 13.8 Å². The summed E-state index contributed by atoms with van der Waals surface area (Å²) < 4.78 is 5.61. The SMILES string of the molecule is CC(C)c1nc(OCCN2CCCCC2)cc(=O)[nH]1. The highest BCUT2D eigenvalue weighted by atomic mass is 16.5. The molecular weight excluding hydrogens is 242 g/mol. The van der Waals surface area contributed by atoms with Gasteiger partial charge in [0.05, 0.1) is 6.07 Å². The predicted octanol–water partition coefficient (Wildman–Crippen LogP) is 1.76. The van der Waals surface area contributed by atoms with E-state index < -0.39 is 0 Å². The van der Waals surface area contributed by atoms with Gasteiger partial charge in [-0.05, 0) is 25.9 Å². The van der Waals surface area contributed by atoms with Crippen LogP contribution in [-0.2, 0) is 0 Å². The lowest BCUT2D eigenvalue weighted by Gasteiger charge is -2.26. The number of hydrogen-bond acceptors (Lipinski definition) is 4. The first-order valence-electron chi connectivity index (χ1n) is 7.11. The van der Waals surface area contributed by atoms with Crippen molar-refractivity contribution in [2.75, 3.05) is 26.2 Å². The van der Waals surface area contributed by atoms with Gasteiger partial charge in [-0.25, -0.2) is 0 Å². The summed E-state index contributed by atoms with van der Waals surface area (Å²) in [4.78, 5) is 20.9. The summed E-state index contributed by atoms with van der Waals surface area (Å²) in [5, 5.41) is 0. The first kappa shape index (κ1) is 14.1. The molecule has 0 aromatic carbocycles. The number of aromatic amines is 1. The monoisotopic (exact) mass is 265 g/mol. The molecule has 19 heavy (non-hydrogen) atoms. The molecule has 0 bridgehead atoms. The Morgan fingerprint density at radius 1 is 1.37 bits per heavy atom. The van der Waals surface area contributed by atoms with Gasteiger partial charge in [0.1, 0.15) is 12.4 Å². The van der Waals surface area contributed by atoms with Crippen LogP contribution in [0.3, 0.4) is 0 Å². The van der Waals surface area contributed by atoms with Crippen LogP contribution >= 0.6 is 0 Å². The second kappa shape index (κ2) is 6.70. The van der Waals surface area contributed by atoms with E-state index in [0.717, 1.165) is 19.6 Å². The molecule has 0 unspecified atom stereocenters. The molecule has 0 atom stereocenters. The lowest BCUT2D eigenvalue weighted by molar-refractivity contribution is 0.180. The third-order valence-electron chi connectivity index (χ3n) is 3.39. The Morgan fingerprint density at radius 2 is 2.11 bits per heavy atom. The number of ether oxygens (including phenoxy) is 1. The highest BCUT2D eigenvalue weighted by Crippen LogP contribution is 2.11. The van der Waals surface area contributed by atoms with Gasteiger partial charge in [0.15, 0.2) is 0 Å². The van der Waals surface area contributed by atoms with E-state index in [-0.39, 0.29) is 11.5 Å². The Balaban J connectivity index is 1.86. The van der Waals surface area contributed by atoms with Crippen molar-refractivity contribution >= 4 is 0 Å². The Kier molecular flexibility index (Phi) is 4.96. The zero-order valence-electron chi connectivity index (χ0n) is 11.8. The van der Waals surface area contributed by atoms with Crippen molar-refractivity contribution in [3.05, 3.63) is 22.2 Å². The second-order valence-corrected chi connectivity index (χ2v) is 5.37. The van der Waals surface area contributed by atoms with Crippen LogP contribution in [0.5, 0.6) is 5.88 Å². The van der Waals surface area contributed by atoms with Gasteiger partial charge in [0.25, 0.3) is 5.56 Å². The molecule has 106 valence electrons. The normalized spacial score (nSPS) is 16.8. The van der Waals surface area contributed by atoms with Crippen LogP contribution in [0.15, 0.2) is 10.9 Å². The van der Waals surface area contributed by atoms with Gasteiger partial charge in [-0.15, -0.1) is 0 Å². The molecule has 1 fully saturated rings. The molecule has 1 N–H and O–H groups in total. The van der Waals surface area contributed by atoms with E-state index >= 15 is 0 Å². The fraction of sp³-hybridized carbons (Fsp3) is 0.714. The molecule has 2 heterocycles. The van der Waals surface area contributed by atoms with E-state index in [9.17, 15) is 4.79 Å². The minimum absolute atomic E-state index is 0.147. The Labute approximate surface area is 114 Å². The standard InChI is InChI=1S/C14H23N3O2/c1-11(2)14-15-12(18)10-13(16-14)19-9-8-17-6-4-3-5-7-17/h10-11H,3-9H2,1-2H3,(H,15,16,18). The first-order chi connectivity index (χ1) is 9.15. The van der Waals surface area contributed by atoms with Gasteiger partial charge in [-0.3, -0.25) is 9.69 Å². The lowest BCUT2D eigenvalue weighted by atomic mass is 10.1. The van der Waals surface area contributed by atoms with Crippen LogP contribution in [-0.4, -0.2) is 41.1 Å². The number of H-pyrrole nitrogens is 1. The molecule has 1 aliphatic rings. The molecular formula is C14H23N3O2. The first-order valence-corrected chi connectivity index (χ1v) is 7.11. The molecule has 1 aromatic heterocycles. The van der Waals surface area contributed by atoms with E-state index in [4.69, 9.17) is 4.74 Å². The summed E-state index contributed by atoms with van der Waals surface area (Å²) in [6, 6.07) is 1.42. The van der Waals surface area contributed by atoms with Gasteiger partial charge in [-0.1, -0.05) is 20.3 Å². The average Bonchev–Trinajstić information content (AvgIpc) is 2.39. The quantitative estimate of drug-likeness (QED) is 0.881. The number of likely N-dealkylation sites (tertiary alicyclic amines) is 1. The molecule has 0 saturated carbocycles. The Hall–Kier alpha value is -1.36. The average molecular weight is 265 g/mol. The number of aromatic nitrogens is 2. The molecule has 0 radical (unpaired) electrons. The number of piperidine rings is 1. The predicted molar refractivity (Wildman–Crippen MR) is 74.7 cm³/mol. The minimum Gasteiger partial charge on any atom is -0.476 e. The Morgan fingerprint density at radius 3 is 2.79 bits per heavy atom. The third kappa shape index (κ3) is 4.35. The molecule has 5 heteroatoms. The van der Waals surface area contributed by atoms with Crippen LogP contribution < -0.4 is 10.3 Å². The fourth-order valence-corrected chi connectivity index (χ4v) is 2.26. The van der Waals surface area contributed by atoms with Crippen molar-refractivity contribution in [3.63, 3.8) is 0 Å². The number of nitrogens with zero attached hydrogens (tertiary/aromatic N) is 2. The highest BCUT2D eigenvalue weighted by molar-refractivity contribution is 5.10. The molecule has 5 nitrogen and oxygen atoms in total. The zero-order valence-corrected chi connectivity index (χ0v) is 11.8. The molecule has 1 aliphatic heterocycles. The lowest BCUT2D eigenvalue weighted by Crippen LogP contribution is -2.33. The molecule has 1 aromatic rings. The van der Waals surface area contributed by atoms with Crippen LogP contribution in [0.2, 0.25) is 0 Å². The summed E-state index contributed by atoms with van der Waals surface area (Å²) in [6.07, 6.45) is 3.90. The van der Waals surface area contributed by atoms with Crippen LogP contribution in [0.25, 0.3) is 0 Å². The van der Waals surface area contributed by atoms with Gasteiger partial charge in [0, 0.05) is 12.5 Å². The molecule has 0 spiro atoms. The summed E-state index contributed by atoms with van der Waals surface area (Å²) >= 11 is 0. The van der Waals surface area contributed by atoms with Gasteiger partial charge in [-0.2, -0.15) is 4.98 Å². The number of rotatable bonds is 5. The summed E-state index contributed by atoms with van der Waals surface area (Å²) in [5.41, 5.74) is -0.147. The van der Waals surface area contributed by atoms with E-state index in [2.05, 4.69) is 14.9 Å². The van der Waals surface area contributed by atoms with Gasteiger partial charge in [0.2, 0.25) is 5.88 Å². The van der Waals surface area contributed by atoms with Gasteiger partial charge < -0.3 is 9.72 Å². The summed E-state index contributed by atoms with van der Waals surface area (Å²) in [5.74, 6) is 1.31. The highest BCUT2D eigenvalue weighted by Gasteiger charge is 2.10. The maximum atomic E-state index is 11.5. The fourth-order valence-electron chi connectivity index (χ4n) is 2.26. The molecule has 2 rings (SSSR count). The van der Waals surface area contributed by atoms with Crippen molar-refractivity contribution < 1.29 is 4.74 Å². The van der Waals surface area contributed by atoms with E-state index in [0.29, 0.717) is 18.3 Å².